The van der Waals surface area contributed by atoms with Crippen LogP contribution in [0.5, 0.6) is 5.75 Å². The van der Waals surface area contributed by atoms with Crippen LogP contribution in [0.3, 0.4) is 0 Å². The smallest absolute Gasteiger partial charge is 0.245 e. The van der Waals surface area contributed by atoms with Crippen LogP contribution in [0.25, 0.3) is 0 Å². The number of nitrogens with zero attached hydrogens (tertiary/aromatic N) is 2. The van der Waals surface area contributed by atoms with E-state index in [-0.39, 0.29) is 30.4 Å². The fourth-order valence-electron chi connectivity index (χ4n) is 4.37. The van der Waals surface area contributed by atoms with Gasteiger partial charge in [0.15, 0.2) is 5.78 Å². The van der Waals surface area contributed by atoms with Gasteiger partial charge in [-0.05, 0) is 25.5 Å². The quantitative estimate of drug-likeness (QED) is 0.773. The molecule has 2 fully saturated rings. The number of fused-ring (bicyclic) bond motifs is 1. The first kappa shape index (κ1) is 18.9. The van der Waals surface area contributed by atoms with Crippen LogP contribution in [-0.4, -0.2) is 71.9 Å². The number of Topliss-reactive ketones (excluding diaryl/α,β-unsaturated/α-hetero) is 1. The number of rotatable bonds is 2. The van der Waals surface area contributed by atoms with E-state index < -0.39 is 11.6 Å². The lowest BCUT2D eigenvalue weighted by Gasteiger charge is -2.37. The Morgan fingerprint density at radius 3 is 2.64 bits per heavy atom. The molecule has 2 atom stereocenters. The van der Waals surface area contributed by atoms with Crippen LogP contribution in [0, 0.1) is 0 Å². The van der Waals surface area contributed by atoms with E-state index in [0.717, 1.165) is 0 Å². The fourth-order valence-corrected chi connectivity index (χ4v) is 4.37. The second-order valence-electron chi connectivity index (χ2n) is 7.83. The highest BCUT2D eigenvalue weighted by molar-refractivity contribution is 6.00. The maximum atomic E-state index is 12.8. The standard InChI is InChI=1S/C21H26N2O5/c1-15(20(26)22-10-12-27-13-11-22)23-9-8-21(7-6-19(23)25)14-17(24)16-4-2-3-5-18(16)28-21/h2-5,15H,6-14H2,1H3/t15-,21-/m1/s1. The molecule has 1 aromatic rings. The molecule has 3 aliphatic heterocycles. The molecule has 0 aromatic heterocycles. The zero-order valence-electron chi connectivity index (χ0n) is 16.2. The van der Waals surface area contributed by atoms with Gasteiger partial charge in [-0.3, -0.25) is 14.4 Å². The first-order valence-electron chi connectivity index (χ1n) is 9.96. The first-order valence-corrected chi connectivity index (χ1v) is 9.96. The summed E-state index contributed by atoms with van der Waals surface area (Å²) in [5, 5.41) is 0. The van der Waals surface area contributed by atoms with Crippen molar-refractivity contribution in [1.29, 1.82) is 0 Å². The van der Waals surface area contributed by atoms with Crippen molar-refractivity contribution in [2.45, 2.75) is 44.2 Å². The van der Waals surface area contributed by atoms with Crippen molar-refractivity contribution in [3.63, 3.8) is 0 Å². The predicted octanol–water partition coefficient (Wildman–Crippen LogP) is 1.65. The first-order chi connectivity index (χ1) is 13.5. The second-order valence-corrected chi connectivity index (χ2v) is 7.83. The molecule has 1 spiro atoms. The Morgan fingerprint density at radius 1 is 1.11 bits per heavy atom. The molecule has 3 heterocycles. The molecule has 4 rings (SSSR count). The van der Waals surface area contributed by atoms with Crippen molar-refractivity contribution in [1.82, 2.24) is 9.80 Å². The minimum Gasteiger partial charge on any atom is -0.486 e. The molecular weight excluding hydrogens is 360 g/mol. The molecule has 0 radical (unpaired) electrons. The topological polar surface area (TPSA) is 76.2 Å². The molecule has 0 unspecified atom stereocenters. The lowest BCUT2D eigenvalue weighted by atomic mass is 9.84. The Labute approximate surface area is 164 Å². The van der Waals surface area contributed by atoms with Crippen LogP contribution in [-0.2, 0) is 14.3 Å². The maximum absolute atomic E-state index is 12.8. The molecule has 2 amide bonds. The Balaban J connectivity index is 1.49. The Bertz CT molecular complexity index is 789. The van der Waals surface area contributed by atoms with Crippen molar-refractivity contribution < 1.29 is 23.9 Å². The van der Waals surface area contributed by atoms with Crippen molar-refractivity contribution in [2.75, 3.05) is 32.8 Å². The Hall–Kier alpha value is -2.41. The highest BCUT2D eigenvalue weighted by atomic mass is 16.5. The normalized spacial score (nSPS) is 26.5. The molecule has 3 aliphatic rings. The molecule has 2 saturated heterocycles. The molecular formula is C21H26N2O5. The van der Waals surface area contributed by atoms with Crippen LogP contribution in [0.1, 0.15) is 43.0 Å². The zero-order valence-corrected chi connectivity index (χ0v) is 16.2. The predicted molar refractivity (Wildman–Crippen MR) is 101 cm³/mol. The summed E-state index contributed by atoms with van der Waals surface area (Å²) in [5.41, 5.74) is -0.0613. The third-order valence-corrected chi connectivity index (χ3v) is 6.07. The number of amides is 2. The van der Waals surface area contributed by atoms with E-state index >= 15 is 0 Å². The summed E-state index contributed by atoms with van der Waals surface area (Å²) in [5.74, 6) is 0.553. The minimum absolute atomic E-state index is 0.0430. The molecule has 28 heavy (non-hydrogen) atoms. The van der Waals surface area contributed by atoms with Crippen LogP contribution >= 0.6 is 0 Å². The van der Waals surface area contributed by atoms with E-state index in [1.807, 2.05) is 18.2 Å². The van der Waals surface area contributed by atoms with Gasteiger partial charge in [0.25, 0.3) is 0 Å². The molecule has 0 saturated carbocycles. The van der Waals surface area contributed by atoms with Crippen LogP contribution in [0.2, 0.25) is 0 Å². The monoisotopic (exact) mass is 386 g/mol. The number of carbonyl (C=O) groups excluding carboxylic acids is 3. The largest absolute Gasteiger partial charge is 0.486 e. The van der Waals surface area contributed by atoms with E-state index in [9.17, 15) is 14.4 Å². The lowest BCUT2D eigenvalue weighted by molar-refractivity contribution is -0.147. The van der Waals surface area contributed by atoms with Gasteiger partial charge in [0.05, 0.1) is 25.2 Å². The van der Waals surface area contributed by atoms with Crippen molar-refractivity contribution in [3.8, 4) is 5.75 Å². The average molecular weight is 386 g/mol. The zero-order chi connectivity index (χ0) is 19.7. The minimum atomic E-state index is -0.669. The number of hydrogen-bond donors (Lipinski definition) is 0. The van der Waals surface area contributed by atoms with Gasteiger partial charge in [0.2, 0.25) is 11.8 Å². The van der Waals surface area contributed by atoms with E-state index in [2.05, 4.69) is 0 Å². The number of ether oxygens (including phenoxy) is 2. The molecule has 0 aliphatic carbocycles. The summed E-state index contributed by atoms with van der Waals surface area (Å²) < 4.78 is 11.6. The van der Waals surface area contributed by atoms with E-state index in [4.69, 9.17) is 9.47 Å². The highest BCUT2D eigenvalue weighted by Crippen LogP contribution is 2.39. The van der Waals surface area contributed by atoms with Crippen molar-refractivity contribution >= 4 is 17.6 Å². The third kappa shape index (κ3) is 3.51. The number of carbonyl (C=O) groups is 3. The number of ketones is 1. The number of hydrogen-bond acceptors (Lipinski definition) is 5. The SMILES string of the molecule is C[C@H](C(=O)N1CCOCC1)N1CC[C@]2(CCC1=O)CC(=O)c1ccccc1O2. The molecule has 7 heteroatoms. The van der Waals surface area contributed by atoms with Gasteiger partial charge in [-0.15, -0.1) is 0 Å². The van der Waals surface area contributed by atoms with E-state index in [1.165, 1.54) is 0 Å². The summed E-state index contributed by atoms with van der Waals surface area (Å²) in [4.78, 5) is 41.7. The molecule has 1 aromatic carbocycles. The summed E-state index contributed by atoms with van der Waals surface area (Å²) in [6.07, 6.45) is 1.58. The van der Waals surface area contributed by atoms with Gasteiger partial charge < -0.3 is 19.3 Å². The Morgan fingerprint density at radius 2 is 1.86 bits per heavy atom. The van der Waals surface area contributed by atoms with Gasteiger partial charge >= 0.3 is 0 Å². The summed E-state index contributed by atoms with van der Waals surface area (Å²) in [6, 6.07) is 6.75. The molecule has 150 valence electrons. The van der Waals surface area contributed by atoms with Crippen molar-refractivity contribution in [3.05, 3.63) is 29.8 Å². The van der Waals surface area contributed by atoms with Gasteiger partial charge in [-0.1, -0.05) is 12.1 Å². The van der Waals surface area contributed by atoms with E-state index in [0.29, 0.717) is 57.0 Å². The van der Waals surface area contributed by atoms with Gasteiger partial charge in [-0.2, -0.15) is 0 Å². The fraction of sp³-hybridized carbons (Fsp3) is 0.571. The van der Waals surface area contributed by atoms with Gasteiger partial charge in [-0.25, -0.2) is 0 Å². The summed E-state index contributed by atoms with van der Waals surface area (Å²) in [6.45, 7) is 4.38. The lowest BCUT2D eigenvalue weighted by Crippen LogP contribution is -2.52. The summed E-state index contributed by atoms with van der Waals surface area (Å²) >= 11 is 0. The van der Waals surface area contributed by atoms with Crippen molar-refractivity contribution in [2.24, 2.45) is 0 Å². The van der Waals surface area contributed by atoms with Gasteiger partial charge in [0, 0.05) is 32.5 Å². The second kappa shape index (κ2) is 7.54. The number of para-hydroxylation sites is 1. The number of likely N-dealkylation sites (tertiary alicyclic amines) is 1. The van der Waals surface area contributed by atoms with E-state index in [1.54, 1.807) is 22.8 Å². The van der Waals surface area contributed by atoms with Gasteiger partial charge in [0.1, 0.15) is 17.4 Å². The maximum Gasteiger partial charge on any atom is 0.245 e. The highest BCUT2D eigenvalue weighted by Gasteiger charge is 2.44. The number of benzene rings is 1. The van der Waals surface area contributed by atoms with Crippen LogP contribution in [0.15, 0.2) is 24.3 Å². The van der Waals surface area contributed by atoms with Crippen LogP contribution < -0.4 is 4.74 Å². The number of morpholine rings is 1. The summed E-state index contributed by atoms with van der Waals surface area (Å²) in [7, 11) is 0. The molecule has 0 bridgehead atoms. The third-order valence-electron chi connectivity index (χ3n) is 6.07. The van der Waals surface area contributed by atoms with Crippen LogP contribution in [0.4, 0.5) is 0 Å². The average Bonchev–Trinajstić information content (AvgIpc) is 2.87. The Kier molecular flexibility index (Phi) is 5.10. The molecule has 0 N–H and O–H groups in total. The molecule has 7 nitrogen and oxygen atoms in total.